The van der Waals surface area contributed by atoms with Gasteiger partial charge in [0, 0.05) is 19.1 Å². The summed E-state index contributed by atoms with van der Waals surface area (Å²) in [4.78, 5) is 45.0. The molecule has 0 unspecified atom stereocenters. The van der Waals surface area contributed by atoms with E-state index >= 15 is 0 Å². The summed E-state index contributed by atoms with van der Waals surface area (Å²) in [6.07, 6.45) is 5.35. The number of aryl methyl sites for hydroxylation is 2. The van der Waals surface area contributed by atoms with E-state index in [1.165, 1.54) is 18.6 Å². The third-order valence-electron chi connectivity index (χ3n) is 6.16. The van der Waals surface area contributed by atoms with Crippen molar-refractivity contribution in [1.82, 2.24) is 0 Å². The van der Waals surface area contributed by atoms with E-state index in [1.54, 1.807) is 49.4 Å². The fraction of sp³-hybridized carbons (Fsp3) is 0.297. The highest BCUT2D eigenvalue weighted by molar-refractivity contribution is 5.91. The quantitative estimate of drug-likeness (QED) is 0.0661. The van der Waals surface area contributed by atoms with Gasteiger partial charge in [0.15, 0.2) is 0 Å². The molecule has 0 N–H and O–H groups in total. The second-order valence-electron chi connectivity index (χ2n) is 10.1. The van der Waals surface area contributed by atoms with E-state index in [1.807, 2.05) is 31.2 Å². The Kier molecular flexibility index (Phi) is 17.2. The molecule has 0 atom stereocenters. The van der Waals surface area contributed by atoms with Gasteiger partial charge in [0.05, 0.1) is 32.0 Å². The molecule has 0 fully saturated rings. The number of carbonyl (C=O) groups is 4. The summed E-state index contributed by atoms with van der Waals surface area (Å²) in [5, 5.41) is 0. The van der Waals surface area contributed by atoms with Crippen molar-refractivity contribution in [1.29, 1.82) is 0 Å². The van der Waals surface area contributed by atoms with Crippen molar-refractivity contribution >= 4 is 23.9 Å². The highest BCUT2D eigenvalue weighted by atomic mass is 16.5. The first-order valence-electron chi connectivity index (χ1n) is 15.1. The summed E-state index contributed by atoms with van der Waals surface area (Å²) in [7, 11) is 0. The van der Waals surface area contributed by atoms with Crippen LogP contribution < -0.4 is 18.9 Å². The molecule has 0 saturated carbocycles. The predicted octanol–water partition coefficient (Wildman–Crippen LogP) is 6.91. The smallest absolute Gasteiger partial charge is 0.343 e. The minimum absolute atomic E-state index is 0.320. The summed E-state index contributed by atoms with van der Waals surface area (Å²) >= 11 is 0. The standard InChI is InChI=1S/C23H24O7.C14H18O3/c1-4-22(25)28-14-6-5-13-27-19-9-7-18(8-10-19)23(26)30-20-11-12-21(16(2)15-20)29-17(3)24;1-3-14(15)17-11-5-4-10-16-13-8-6-12(2)7-9-13/h4,7-12,15H,1,5-6,13-14H2,2-3H3;3,6-9H,1,4-5,10-11H2,2H3. The minimum Gasteiger partial charge on any atom is -0.494 e. The van der Waals surface area contributed by atoms with E-state index in [9.17, 15) is 19.2 Å². The molecule has 10 heteroatoms. The number of benzene rings is 3. The van der Waals surface area contributed by atoms with Gasteiger partial charge in [-0.05, 0) is 99.7 Å². The fourth-order valence-electron chi connectivity index (χ4n) is 3.69. The van der Waals surface area contributed by atoms with Crippen LogP contribution >= 0.6 is 0 Å². The lowest BCUT2D eigenvalue weighted by Crippen LogP contribution is -2.09. The van der Waals surface area contributed by atoms with Gasteiger partial charge in [-0.2, -0.15) is 0 Å². The number of esters is 4. The first-order valence-corrected chi connectivity index (χ1v) is 15.1. The van der Waals surface area contributed by atoms with Crippen molar-refractivity contribution in [2.75, 3.05) is 26.4 Å². The summed E-state index contributed by atoms with van der Waals surface area (Å²) in [6.45, 7) is 13.6. The third kappa shape index (κ3) is 16.0. The average molecular weight is 647 g/mol. The topological polar surface area (TPSA) is 124 Å². The van der Waals surface area contributed by atoms with E-state index in [0.717, 1.165) is 31.1 Å². The maximum atomic E-state index is 12.3. The normalized spacial score (nSPS) is 9.94. The van der Waals surface area contributed by atoms with Crippen LogP contribution in [0.3, 0.4) is 0 Å². The second-order valence-corrected chi connectivity index (χ2v) is 10.1. The number of rotatable bonds is 17. The fourth-order valence-corrected chi connectivity index (χ4v) is 3.69. The van der Waals surface area contributed by atoms with Crippen LogP contribution in [-0.4, -0.2) is 50.3 Å². The van der Waals surface area contributed by atoms with E-state index in [4.69, 9.17) is 28.4 Å². The molecular weight excluding hydrogens is 604 g/mol. The molecule has 47 heavy (non-hydrogen) atoms. The number of carbonyl (C=O) groups excluding carboxylic acids is 4. The lowest BCUT2D eigenvalue weighted by Gasteiger charge is -2.09. The van der Waals surface area contributed by atoms with Gasteiger partial charge in [0.1, 0.15) is 23.0 Å². The number of hydrogen-bond donors (Lipinski definition) is 0. The van der Waals surface area contributed by atoms with Crippen LogP contribution in [0.25, 0.3) is 0 Å². The molecule has 0 spiro atoms. The van der Waals surface area contributed by atoms with Gasteiger partial charge in [0.25, 0.3) is 0 Å². The maximum Gasteiger partial charge on any atom is 0.343 e. The lowest BCUT2D eigenvalue weighted by molar-refractivity contribution is -0.138. The Balaban J connectivity index is 0.000000382. The lowest BCUT2D eigenvalue weighted by atomic mass is 10.2. The molecule has 10 nitrogen and oxygen atoms in total. The Morgan fingerprint density at radius 3 is 1.55 bits per heavy atom. The molecule has 0 heterocycles. The van der Waals surface area contributed by atoms with Gasteiger partial charge in [-0.25, -0.2) is 14.4 Å². The van der Waals surface area contributed by atoms with Crippen molar-refractivity contribution in [3.63, 3.8) is 0 Å². The first kappa shape index (κ1) is 37.8. The largest absolute Gasteiger partial charge is 0.494 e. The van der Waals surface area contributed by atoms with Gasteiger partial charge in [-0.1, -0.05) is 30.9 Å². The molecule has 0 aliphatic heterocycles. The Hall–Kier alpha value is -5.38. The Morgan fingerprint density at radius 1 is 0.617 bits per heavy atom. The Bertz CT molecular complexity index is 1460. The van der Waals surface area contributed by atoms with Crippen LogP contribution in [0.2, 0.25) is 0 Å². The van der Waals surface area contributed by atoms with Crippen molar-refractivity contribution in [2.45, 2.75) is 46.5 Å². The van der Waals surface area contributed by atoms with E-state index in [-0.39, 0.29) is 5.97 Å². The van der Waals surface area contributed by atoms with Crippen LogP contribution in [0.1, 0.15) is 54.1 Å². The molecule has 0 aliphatic rings. The van der Waals surface area contributed by atoms with Crippen molar-refractivity contribution < 1.29 is 47.6 Å². The van der Waals surface area contributed by atoms with Crippen molar-refractivity contribution in [2.24, 2.45) is 0 Å². The second kappa shape index (κ2) is 21.4. The molecule has 0 amide bonds. The minimum atomic E-state index is -0.509. The molecule has 3 rings (SSSR count). The zero-order valence-electron chi connectivity index (χ0n) is 27.2. The van der Waals surface area contributed by atoms with Gasteiger partial charge < -0.3 is 28.4 Å². The van der Waals surface area contributed by atoms with Gasteiger partial charge in [-0.15, -0.1) is 0 Å². The van der Waals surface area contributed by atoms with Crippen LogP contribution in [0.15, 0.2) is 92.0 Å². The van der Waals surface area contributed by atoms with Crippen LogP contribution in [-0.2, 0) is 23.9 Å². The predicted molar refractivity (Wildman–Crippen MR) is 177 cm³/mol. The third-order valence-corrected chi connectivity index (χ3v) is 6.16. The van der Waals surface area contributed by atoms with Crippen LogP contribution in [0, 0.1) is 13.8 Å². The van der Waals surface area contributed by atoms with E-state index < -0.39 is 17.9 Å². The molecule has 3 aromatic carbocycles. The summed E-state index contributed by atoms with van der Waals surface area (Å²) < 4.78 is 31.3. The molecule has 0 aliphatic carbocycles. The molecule has 250 valence electrons. The highest BCUT2D eigenvalue weighted by Crippen LogP contribution is 2.24. The number of unbranched alkanes of at least 4 members (excludes halogenated alkanes) is 2. The molecule has 0 bridgehead atoms. The molecule has 0 aromatic heterocycles. The van der Waals surface area contributed by atoms with E-state index in [0.29, 0.717) is 61.2 Å². The first-order chi connectivity index (χ1) is 22.6. The van der Waals surface area contributed by atoms with Crippen LogP contribution in [0.4, 0.5) is 0 Å². The van der Waals surface area contributed by atoms with Gasteiger partial charge in [-0.3, -0.25) is 4.79 Å². The SMILES string of the molecule is C=CC(=O)OCCCCOc1ccc(C(=O)Oc2ccc(OC(C)=O)c(C)c2)cc1.C=CC(=O)OCCCCOc1ccc(C)cc1. The van der Waals surface area contributed by atoms with Gasteiger partial charge in [0.2, 0.25) is 0 Å². The van der Waals surface area contributed by atoms with E-state index in [2.05, 4.69) is 13.2 Å². The Labute approximate surface area is 275 Å². The molecule has 0 saturated heterocycles. The summed E-state index contributed by atoms with van der Waals surface area (Å²) in [5.74, 6) is 0.535. The monoisotopic (exact) mass is 646 g/mol. The van der Waals surface area contributed by atoms with Crippen molar-refractivity contribution in [3.05, 3.63) is 109 Å². The maximum absolute atomic E-state index is 12.3. The average Bonchev–Trinajstić information content (AvgIpc) is 3.06. The van der Waals surface area contributed by atoms with Crippen molar-refractivity contribution in [3.8, 4) is 23.0 Å². The number of ether oxygens (including phenoxy) is 6. The number of hydrogen-bond acceptors (Lipinski definition) is 10. The zero-order chi connectivity index (χ0) is 34.4. The van der Waals surface area contributed by atoms with Crippen LogP contribution in [0.5, 0.6) is 23.0 Å². The Morgan fingerprint density at radius 2 is 1.09 bits per heavy atom. The van der Waals surface area contributed by atoms with Gasteiger partial charge >= 0.3 is 23.9 Å². The highest BCUT2D eigenvalue weighted by Gasteiger charge is 2.11. The summed E-state index contributed by atoms with van der Waals surface area (Å²) in [5.41, 5.74) is 2.27. The zero-order valence-corrected chi connectivity index (χ0v) is 27.2. The summed E-state index contributed by atoms with van der Waals surface area (Å²) in [6, 6.07) is 19.3. The molecule has 0 radical (unpaired) electrons. The molecular formula is C37H42O10. The molecule has 3 aromatic rings.